The number of aromatic nitrogens is 1. The van der Waals surface area contributed by atoms with Crippen molar-refractivity contribution in [1.29, 1.82) is 0 Å². The van der Waals surface area contributed by atoms with Crippen molar-refractivity contribution in [3.63, 3.8) is 0 Å². The Morgan fingerprint density at radius 1 is 1.00 bits per heavy atom. The molecule has 0 radical (unpaired) electrons. The highest BCUT2D eigenvalue weighted by Gasteiger charge is 2.10. The topological polar surface area (TPSA) is 12.9 Å². The molecule has 4 heteroatoms. The molecule has 0 amide bonds. The minimum Gasteiger partial charge on any atom is -0.252 e. The van der Waals surface area contributed by atoms with E-state index in [4.69, 9.17) is 0 Å². The molecule has 14 heavy (non-hydrogen) atoms. The van der Waals surface area contributed by atoms with Crippen LogP contribution >= 0.6 is 0 Å². The van der Waals surface area contributed by atoms with Gasteiger partial charge in [-0.2, -0.15) is 0 Å². The molecule has 1 aromatic rings. The van der Waals surface area contributed by atoms with E-state index in [0.717, 1.165) is 0 Å². The van der Waals surface area contributed by atoms with Gasteiger partial charge >= 0.3 is 0 Å². The Morgan fingerprint density at radius 3 is 2.00 bits per heavy atom. The van der Waals surface area contributed by atoms with Crippen LogP contribution in [0.4, 0.5) is 13.2 Å². The van der Waals surface area contributed by atoms with Gasteiger partial charge in [0, 0.05) is 5.56 Å². The summed E-state index contributed by atoms with van der Waals surface area (Å²) in [5.74, 6) is 0. The van der Waals surface area contributed by atoms with Crippen molar-refractivity contribution >= 4 is 0 Å². The fourth-order valence-corrected chi connectivity index (χ4v) is 1.34. The van der Waals surface area contributed by atoms with E-state index < -0.39 is 20.0 Å². The SMILES string of the molecule is CCc1cc(CF)c(CF)nc1CF. The van der Waals surface area contributed by atoms with Crippen LogP contribution in [-0.2, 0) is 26.4 Å². The molecule has 0 aliphatic heterocycles. The lowest BCUT2D eigenvalue weighted by molar-refractivity contribution is 0.435. The van der Waals surface area contributed by atoms with Crippen molar-refractivity contribution in [1.82, 2.24) is 4.98 Å². The summed E-state index contributed by atoms with van der Waals surface area (Å²) >= 11 is 0. The maximum atomic E-state index is 12.4. The first-order valence-electron chi connectivity index (χ1n) is 4.45. The summed E-state index contributed by atoms with van der Waals surface area (Å²) in [6, 6.07) is 1.50. The Balaban J connectivity index is 3.20. The van der Waals surface area contributed by atoms with E-state index in [-0.39, 0.29) is 17.0 Å². The lowest BCUT2D eigenvalue weighted by Gasteiger charge is -2.08. The first-order valence-corrected chi connectivity index (χ1v) is 4.45. The molecule has 0 saturated heterocycles. The van der Waals surface area contributed by atoms with E-state index in [0.29, 0.717) is 12.0 Å². The quantitative estimate of drug-likeness (QED) is 0.732. The largest absolute Gasteiger partial charge is 0.252 e. The molecule has 78 valence electrons. The molecule has 0 saturated carbocycles. The predicted octanol–water partition coefficient (Wildman–Crippen LogP) is 3.05. The Labute approximate surface area is 81.0 Å². The van der Waals surface area contributed by atoms with Crippen molar-refractivity contribution in [2.24, 2.45) is 0 Å². The summed E-state index contributed by atoms with van der Waals surface area (Å²) in [5, 5.41) is 0. The molecule has 0 aliphatic rings. The van der Waals surface area contributed by atoms with Crippen LogP contribution in [0.1, 0.15) is 29.4 Å². The van der Waals surface area contributed by atoms with Crippen LogP contribution in [0, 0.1) is 0 Å². The molecule has 1 nitrogen and oxygen atoms in total. The van der Waals surface area contributed by atoms with Gasteiger partial charge in [-0.3, -0.25) is 4.98 Å². The molecule has 0 fully saturated rings. The zero-order valence-electron chi connectivity index (χ0n) is 7.99. The molecule has 0 atom stereocenters. The van der Waals surface area contributed by atoms with Crippen molar-refractivity contribution in [3.05, 3.63) is 28.6 Å². The van der Waals surface area contributed by atoms with Gasteiger partial charge in [-0.1, -0.05) is 6.92 Å². The normalized spacial score (nSPS) is 10.6. The van der Waals surface area contributed by atoms with Crippen LogP contribution in [-0.4, -0.2) is 4.98 Å². The summed E-state index contributed by atoms with van der Waals surface area (Å²) < 4.78 is 37.2. The molecule has 0 N–H and O–H groups in total. The average molecular weight is 203 g/mol. The number of nitrogens with zero attached hydrogens (tertiary/aromatic N) is 1. The Morgan fingerprint density at radius 2 is 1.57 bits per heavy atom. The fourth-order valence-electron chi connectivity index (χ4n) is 1.34. The third-order valence-electron chi connectivity index (χ3n) is 2.14. The maximum absolute atomic E-state index is 12.4. The third kappa shape index (κ3) is 2.05. The lowest BCUT2D eigenvalue weighted by Crippen LogP contribution is -2.02. The van der Waals surface area contributed by atoms with E-state index in [2.05, 4.69) is 4.98 Å². The Bertz CT molecular complexity index is 254. The number of halogens is 3. The van der Waals surface area contributed by atoms with Crippen molar-refractivity contribution in [2.75, 3.05) is 0 Å². The number of aryl methyl sites for hydroxylation is 1. The van der Waals surface area contributed by atoms with Crippen LogP contribution < -0.4 is 0 Å². The highest BCUT2D eigenvalue weighted by Crippen LogP contribution is 2.17. The van der Waals surface area contributed by atoms with E-state index in [1.807, 2.05) is 6.92 Å². The number of rotatable bonds is 4. The third-order valence-corrected chi connectivity index (χ3v) is 2.14. The fraction of sp³-hybridized carbons (Fsp3) is 0.500. The van der Waals surface area contributed by atoms with Crippen molar-refractivity contribution in [3.8, 4) is 0 Å². The number of hydrogen-bond acceptors (Lipinski definition) is 1. The van der Waals surface area contributed by atoms with Gasteiger partial charge in [-0.05, 0) is 18.1 Å². The molecule has 0 spiro atoms. The van der Waals surface area contributed by atoms with Crippen LogP contribution in [0.3, 0.4) is 0 Å². The molecule has 1 aromatic heterocycles. The lowest BCUT2D eigenvalue weighted by atomic mass is 10.1. The number of alkyl halides is 3. The second-order valence-corrected chi connectivity index (χ2v) is 2.95. The van der Waals surface area contributed by atoms with Gasteiger partial charge in [0.25, 0.3) is 0 Å². The van der Waals surface area contributed by atoms with E-state index in [1.165, 1.54) is 6.07 Å². The summed E-state index contributed by atoms with van der Waals surface area (Å²) in [4.78, 5) is 3.76. The Kier molecular flexibility index (Phi) is 3.92. The summed E-state index contributed by atoms with van der Waals surface area (Å²) in [6.45, 7) is -0.516. The maximum Gasteiger partial charge on any atom is 0.132 e. The molecule has 1 rings (SSSR count). The highest BCUT2D eigenvalue weighted by atomic mass is 19.1. The van der Waals surface area contributed by atoms with Crippen LogP contribution in [0.2, 0.25) is 0 Å². The zero-order chi connectivity index (χ0) is 10.6. The molecular weight excluding hydrogens is 191 g/mol. The monoisotopic (exact) mass is 203 g/mol. The van der Waals surface area contributed by atoms with Gasteiger partial charge in [0.15, 0.2) is 0 Å². The van der Waals surface area contributed by atoms with Gasteiger partial charge in [-0.25, -0.2) is 13.2 Å². The minimum absolute atomic E-state index is 0.0114. The van der Waals surface area contributed by atoms with Gasteiger partial charge in [0.1, 0.15) is 20.0 Å². The van der Waals surface area contributed by atoms with Crippen LogP contribution in [0.5, 0.6) is 0 Å². The second kappa shape index (κ2) is 4.98. The molecule has 0 aliphatic carbocycles. The predicted molar refractivity (Wildman–Crippen MR) is 48.1 cm³/mol. The smallest absolute Gasteiger partial charge is 0.132 e. The van der Waals surface area contributed by atoms with Crippen molar-refractivity contribution in [2.45, 2.75) is 33.4 Å². The molecule has 0 aromatic carbocycles. The number of hydrogen-bond donors (Lipinski definition) is 0. The Hall–Kier alpha value is -1.06. The van der Waals surface area contributed by atoms with Gasteiger partial charge in [-0.15, -0.1) is 0 Å². The van der Waals surface area contributed by atoms with E-state index in [9.17, 15) is 13.2 Å². The first-order chi connectivity index (χ1) is 6.76. The van der Waals surface area contributed by atoms with Gasteiger partial charge in [0.05, 0.1) is 11.4 Å². The first kappa shape index (κ1) is 11.0. The summed E-state index contributed by atoms with van der Waals surface area (Å²) in [5.41, 5.74) is 1.11. The molecular formula is C10H12F3N. The van der Waals surface area contributed by atoms with Gasteiger partial charge < -0.3 is 0 Å². The summed E-state index contributed by atoms with van der Waals surface area (Å²) in [6.07, 6.45) is 0.575. The molecule has 1 heterocycles. The number of pyridine rings is 1. The van der Waals surface area contributed by atoms with E-state index in [1.54, 1.807) is 0 Å². The summed E-state index contributed by atoms with van der Waals surface area (Å²) in [7, 11) is 0. The zero-order valence-corrected chi connectivity index (χ0v) is 7.99. The van der Waals surface area contributed by atoms with Crippen LogP contribution in [0.25, 0.3) is 0 Å². The van der Waals surface area contributed by atoms with Gasteiger partial charge in [0.2, 0.25) is 0 Å². The highest BCUT2D eigenvalue weighted by molar-refractivity contribution is 5.30. The average Bonchev–Trinajstić information content (AvgIpc) is 2.26. The molecule has 0 bridgehead atoms. The standard InChI is InChI=1S/C10H12F3N/c1-2-7-3-8(4-11)10(6-13)14-9(7)5-12/h3H,2,4-6H2,1H3. The van der Waals surface area contributed by atoms with Crippen LogP contribution in [0.15, 0.2) is 6.07 Å². The molecule has 0 unspecified atom stereocenters. The second-order valence-electron chi connectivity index (χ2n) is 2.95. The minimum atomic E-state index is -0.851. The van der Waals surface area contributed by atoms with Crippen molar-refractivity contribution < 1.29 is 13.2 Å². The van der Waals surface area contributed by atoms with E-state index >= 15 is 0 Å².